The van der Waals surface area contributed by atoms with Gasteiger partial charge < -0.3 is 10.9 Å². The van der Waals surface area contributed by atoms with Gasteiger partial charge in [0.2, 0.25) is 0 Å². The molecule has 0 fully saturated rings. The molecular formula is C5H9KO4. The number of hydrogen-bond donors (Lipinski definition) is 0. The van der Waals surface area contributed by atoms with Gasteiger partial charge in [-0.3, -0.25) is 9.59 Å². The van der Waals surface area contributed by atoms with E-state index in [0.29, 0.717) is 0 Å². The zero-order chi connectivity index (χ0) is 7.28. The monoisotopic (exact) mass is 172 g/mol. The number of esters is 2. The summed E-state index contributed by atoms with van der Waals surface area (Å²) in [4.78, 5) is 20.5. The minimum Gasteiger partial charge on any atom is -1.00 e. The minimum absolute atomic E-state index is 0. The molecular weight excluding hydrogens is 163 g/mol. The molecule has 54 valence electrons. The fourth-order valence-corrected chi connectivity index (χ4v) is 0.262. The van der Waals surface area contributed by atoms with Crippen LogP contribution in [-0.2, 0) is 19.1 Å². The van der Waals surface area contributed by atoms with E-state index < -0.39 is 11.9 Å². The van der Waals surface area contributed by atoms with E-state index in [1.807, 2.05) is 0 Å². The largest absolute Gasteiger partial charge is 1.00 e. The normalized spacial score (nSPS) is 7.40. The van der Waals surface area contributed by atoms with Gasteiger partial charge in [-0.05, 0) is 0 Å². The SMILES string of the molecule is COC(=O)CC(=O)OC.[H-].[K+]. The fraction of sp³-hybridized carbons (Fsp3) is 0.600. The van der Waals surface area contributed by atoms with Gasteiger partial charge >= 0.3 is 63.3 Å². The number of carbonyl (C=O) groups excluding carboxylic acids is 2. The third kappa shape index (κ3) is 6.69. The van der Waals surface area contributed by atoms with Gasteiger partial charge in [-0.25, -0.2) is 0 Å². The van der Waals surface area contributed by atoms with E-state index >= 15 is 0 Å². The van der Waals surface area contributed by atoms with E-state index in [1.54, 1.807) is 0 Å². The average Bonchev–Trinajstić information content (AvgIpc) is 1.87. The van der Waals surface area contributed by atoms with Crippen molar-refractivity contribution in [3.8, 4) is 0 Å². The van der Waals surface area contributed by atoms with E-state index in [0.717, 1.165) is 0 Å². The number of rotatable bonds is 2. The number of methoxy groups -OCH3 is 2. The van der Waals surface area contributed by atoms with Crippen molar-refractivity contribution in [1.29, 1.82) is 0 Å². The Morgan fingerprint density at radius 3 is 1.70 bits per heavy atom. The zero-order valence-corrected chi connectivity index (χ0v) is 9.46. The van der Waals surface area contributed by atoms with Gasteiger partial charge in [-0.1, -0.05) is 0 Å². The maximum atomic E-state index is 10.3. The maximum absolute atomic E-state index is 10.3. The molecule has 0 aliphatic rings. The smallest absolute Gasteiger partial charge is 1.00 e. The summed E-state index contributed by atoms with van der Waals surface area (Å²) in [6.45, 7) is 0. The van der Waals surface area contributed by atoms with Crippen LogP contribution < -0.4 is 51.4 Å². The van der Waals surface area contributed by atoms with Crippen LogP contribution in [0.25, 0.3) is 0 Å². The van der Waals surface area contributed by atoms with E-state index in [2.05, 4.69) is 9.47 Å². The molecule has 0 saturated heterocycles. The summed E-state index contributed by atoms with van der Waals surface area (Å²) in [6, 6.07) is 0. The average molecular weight is 172 g/mol. The molecule has 0 amide bonds. The van der Waals surface area contributed by atoms with Crippen LogP contribution in [0.2, 0.25) is 0 Å². The third-order valence-corrected chi connectivity index (χ3v) is 0.744. The molecule has 0 radical (unpaired) electrons. The molecule has 0 saturated carbocycles. The van der Waals surface area contributed by atoms with Crippen LogP contribution in [0.1, 0.15) is 7.85 Å². The molecule has 0 unspecified atom stereocenters. The second kappa shape index (κ2) is 7.68. The van der Waals surface area contributed by atoms with Gasteiger partial charge in [0.25, 0.3) is 0 Å². The van der Waals surface area contributed by atoms with Gasteiger partial charge in [-0.2, -0.15) is 0 Å². The maximum Gasteiger partial charge on any atom is 1.00 e. The molecule has 0 heterocycles. The molecule has 0 atom stereocenters. The molecule has 0 aromatic carbocycles. The first-order valence-corrected chi connectivity index (χ1v) is 2.34. The molecule has 5 heteroatoms. The summed E-state index contributed by atoms with van der Waals surface area (Å²) in [7, 11) is 2.43. The van der Waals surface area contributed by atoms with E-state index in [4.69, 9.17) is 0 Å². The summed E-state index contributed by atoms with van der Waals surface area (Å²) in [6.07, 6.45) is -0.312. The standard InChI is InChI=1S/C5H8O4.K.H/c1-8-4(6)3-5(7)9-2;;/h3H2,1-2H3;;/q;+1;-1. The van der Waals surface area contributed by atoms with Crippen molar-refractivity contribution in [3.63, 3.8) is 0 Å². The van der Waals surface area contributed by atoms with E-state index in [-0.39, 0.29) is 59.2 Å². The van der Waals surface area contributed by atoms with Crippen molar-refractivity contribution >= 4 is 11.9 Å². The summed E-state index contributed by atoms with van der Waals surface area (Å²) < 4.78 is 8.37. The van der Waals surface area contributed by atoms with E-state index in [1.165, 1.54) is 14.2 Å². The third-order valence-electron chi connectivity index (χ3n) is 0.744. The minimum atomic E-state index is -0.582. The van der Waals surface area contributed by atoms with Crippen LogP contribution >= 0.6 is 0 Å². The molecule has 0 aliphatic carbocycles. The Balaban J connectivity index is -0.000000320. The Bertz CT molecular complexity index is 114. The van der Waals surface area contributed by atoms with Crippen LogP contribution in [0.5, 0.6) is 0 Å². The van der Waals surface area contributed by atoms with Crippen LogP contribution in [0.3, 0.4) is 0 Å². The zero-order valence-electron chi connectivity index (χ0n) is 7.34. The van der Waals surface area contributed by atoms with Crippen molar-refractivity contribution < 1.29 is 71.9 Å². The number of ether oxygens (including phenoxy) is 2. The van der Waals surface area contributed by atoms with Crippen LogP contribution in [-0.4, -0.2) is 26.2 Å². The quantitative estimate of drug-likeness (QED) is 0.251. The Kier molecular flexibility index (Phi) is 10.1. The molecule has 4 nitrogen and oxygen atoms in total. The molecule has 0 spiro atoms. The predicted molar refractivity (Wildman–Crippen MR) is 29.8 cm³/mol. The first-order chi connectivity index (χ1) is 4.20. The summed E-state index contributed by atoms with van der Waals surface area (Å²) in [5, 5.41) is 0. The van der Waals surface area contributed by atoms with E-state index in [9.17, 15) is 9.59 Å². The van der Waals surface area contributed by atoms with Crippen molar-refractivity contribution in [3.05, 3.63) is 0 Å². The van der Waals surface area contributed by atoms with Crippen molar-refractivity contribution in [1.82, 2.24) is 0 Å². The molecule has 0 bridgehead atoms. The van der Waals surface area contributed by atoms with Gasteiger partial charge in [0, 0.05) is 0 Å². The Morgan fingerprint density at radius 2 is 1.50 bits per heavy atom. The van der Waals surface area contributed by atoms with Crippen LogP contribution in [0.4, 0.5) is 0 Å². The molecule has 0 aliphatic heterocycles. The topological polar surface area (TPSA) is 52.6 Å². The predicted octanol–water partition coefficient (Wildman–Crippen LogP) is -3.16. The molecule has 0 aromatic heterocycles. The van der Waals surface area contributed by atoms with Crippen molar-refractivity contribution in [2.24, 2.45) is 0 Å². The number of carbonyl (C=O) groups is 2. The summed E-state index contributed by atoms with van der Waals surface area (Å²) in [5.74, 6) is -1.16. The molecule has 0 N–H and O–H groups in total. The fourth-order valence-electron chi connectivity index (χ4n) is 0.262. The molecule has 0 rings (SSSR count). The van der Waals surface area contributed by atoms with Crippen molar-refractivity contribution in [2.75, 3.05) is 14.2 Å². The Labute approximate surface area is 103 Å². The second-order valence-electron chi connectivity index (χ2n) is 1.33. The molecule has 10 heavy (non-hydrogen) atoms. The second-order valence-corrected chi connectivity index (χ2v) is 1.33. The van der Waals surface area contributed by atoms with Gasteiger partial charge in [-0.15, -0.1) is 0 Å². The first kappa shape index (κ1) is 13.2. The summed E-state index contributed by atoms with van der Waals surface area (Å²) >= 11 is 0. The van der Waals surface area contributed by atoms with Gasteiger partial charge in [0.1, 0.15) is 6.42 Å². The molecule has 0 aromatic rings. The number of hydrogen-bond acceptors (Lipinski definition) is 4. The first-order valence-electron chi connectivity index (χ1n) is 2.34. The van der Waals surface area contributed by atoms with Crippen LogP contribution in [0.15, 0.2) is 0 Å². The Morgan fingerprint density at radius 1 is 1.20 bits per heavy atom. The van der Waals surface area contributed by atoms with Gasteiger partial charge in [0.05, 0.1) is 14.2 Å². The van der Waals surface area contributed by atoms with Gasteiger partial charge in [0.15, 0.2) is 0 Å². The summed E-state index contributed by atoms with van der Waals surface area (Å²) in [5.41, 5.74) is 0. The van der Waals surface area contributed by atoms with Crippen molar-refractivity contribution in [2.45, 2.75) is 6.42 Å². The van der Waals surface area contributed by atoms with Crippen LogP contribution in [0, 0.1) is 0 Å². The Hall–Kier alpha value is 0.576.